The molecule has 166 valence electrons. The minimum absolute atomic E-state index is 0.0840. The summed E-state index contributed by atoms with van der Waals surface area (Å²) in [5.74, 6) is 0.973. The van der Waals surface area contributed by atoms with Gasteiger partial charge in [0.05, 0.1) is 4.90 Å². The normalized spacial score (nSPS) is 17.2. The van der Waals surface area contributed by atoms with Crippen LogP contribution in [0.5, 0.6) is 5.75 Å². The van der Waals surface area contributed by atoms with Gasteiger partial charge in [0.2, 0.25) is 5.91 Å². The fourth-order valence-corrected chi connectivity index (χ4v) is 4.71. The van der Waals surface area contributed by atoms with Crippen LogP contribution in [0.4, 0.5) is 5.69 Å². The first-order valence-corrected chi connectivity index (χ1v) is 11.9. The fourth-order valence-electron chi connectivity index (χ4n) is 3.44. The number of sulfonamides is 1. The summed E-state index contributed by atoms with van der Waals surface area (Å²) in [6, 6.07) is 11.3. The molecule has 2 aromatic rings. The first kappa shape index (κ1) is 22.1. The second-order valence-electron chi connectivity index (χ2n) is 7.54. The third-order valence-electron chi connectivity index (χ3n) is 5.14. The molecule has 1 amide bonds. The van der Waals surface area contributed by atoms with Gasteiger partial charge in [0.25, 0.3) is 10.0 Å². The van der Waals surface area contributed by atoms with Crippen LogP contribution >= 0.6 is 11.6 Å². The molecule has 0 aromatic heterocycles. The zero-order valence-electron chi connectivity index (χ0n) is 17.4. The fraction of sp³-hybridized carbons (Fsp3) is 0.217. The molecule has 32 heavy (non-hydrogen) atoms. The average Bonchev–Trinajstić information content (AvgIpc) is 3.16. The van der Waals surface area contributed by atoms with Crippen LogP contribution in [0.2, 0.25) is 5.02 Å². The van der Waals surface area contributed by atoms with E-state index >= 15 is 0 Å². The minimum atomic E-state index is -3.79. The Kier molecular flexibility index (Phi) is 6.34. The number of carbonyl (C=O) groups is 1. The smallest absolute Gasteiger partial charge is 0.283 e. The van der Waals surface area contributed by atoms with E-state index in [0.29, 0.717) is 29.6 Å². The van der Waals surface area contributed by atoms with Crippen LogP contribution in [0.3, 0.4) is 0 Å². The van der Waals surface area contributed by atoms with Crippen molar-refractivity contribution < 1.29 is 17.9 Å². The Morgan fingerprint density at radius 1 is 1.22 bits per heavy atom. The standard InChI is InChI=1S/C23H22ClN3O4S/c1-27-12-2-3-22(27)26-32(29,30)20-8-6-19(7-9-20)25-23(28)11-4-16-13-17-14-18(24)5-10-21(17)31-15-16/h4-11,13-14H,2-3,12,15H2,1H3,(H,25,28)/b11-4+,26-22+. The molecule has 0 saturated carbocycles. The molecule has 0 unspecified atom stereocenters. The van der Waals surface area contributed by atoms with Gasteiger partial charge in [-0.2, -0.15) is 8.42 Å². The third kappa shape index (κ3) is 5.20. The predicted octanol–water partition coefficient (Wildman–Crippen LogP) is 4.12. The number of likely N-dealkylation sites (tertiary alicyclic amines) is 1. The summed E-state index contributed by atoms with van der Waals surface area (Å²) in [5.41, 5.74) is 2.16. The van der Waals surface area contributed by atoms with E-state index in [9.17, 15) is 13.2 Å². The number of fused-ring (bicyclic) bond motifs is 1. The molecule has 1 fully saturated rings. The van der Waals surface area contributed by atoms with Crippen molar-refractivity contribution >= 4 is 45.1 Å². The Labute approximate surface area is 192 Å². The Bertz CT molecular complexity index is 1230. The van der Waals surface area contributed by atoms with Crippen LogP contribution < -0.4 is 10.1 Å². The molecule has 0 spiro atoms. The molecule has 1 N–H and O–H groups in total. The van der Waals surface area contributed by atoms with Gasteiger partial charge < -0.3 is 15.0 Å². The van der Waals surface area contributed by atoms with E-state index in [4.69, 9.17) is 16.3 Å². The van der Waals surface area contributed by atoms with Crippen LogP contribution in [0, 0.1) is 0 Å². The first-order valence-electron chi connectivity index (χ1n) is 10.1. The Morgan fingerprint density at radius 2 is 2.00 bits per heavy atom. The number of carbonyl (C=O) groups excluding carboxylic acids is 1. The molecule has 0 radical (unpaired) electrons. The lowest BCUT2D eigenvalue weighted by Crippen LogP contribution is -2.20. The molecule has 0 aliphatic carbocycles. The molecule has 4 rings (SSSR count). The number of hydrogen-bond acceptors (Lipinski definition) is 4. The van der Waals surface area contributed by atoms with Crippen LogP contribution in [0.15, 0.2) is 69.5 Å². The SMILES string of the molecule is CN1CCC/C1=N\S(=O)(=O)c1ccc(NC(=O)/C=C/C2=Cc3cc(Cl)ccc3OC2)cc1. The molecule has 2 aliphatic heterocycles. The monoisotopic (exact) mass is 471 g/mol. The van der Waals surface area contributed by atoms with Crippen LogP contribution in [0.1, 0.15) is 18.4 Å². The van der Waals surface area contributed by atoms with E-state index < -0.39 is 10.0 Å². The van der Waals surface area contributed by atoms with Crippen molar-refractivity contribution in [2.24, 2.45) is 4.40 Å². The summed E-state index contributed by atoms with van der Waals surface area (Å²) in [6.45, 7) is 1.15. The maximum Gasteiger partial charge on any atom is 0.283 e. The maximum atomic E-state index is 12.5. The maximum absolute atomic E-state index is 12.5. The van der Waals surface area contributed by atoms with E-state index in [1.54, 1.807) is 30.3 Å². The van der Waals surface area contributed by atoms with Gasteiger partial charge in [0.1, 0.15) is 18.2 Å². The van der Waals surface area contributed by atoms with Gasteiger partial charge in [0, 0.05) is 42.4 Å². The molecule has 2 heterocycles. The zero-order valence-corrected chi connectivity index (χ0v) is 19.0. The highest BCUT2D eigenvalue weighted by atomic mass is 35.5. The summed E-state index contributed by atoms with van der Waals surface area (Å²) < 4.78 is 34.6. The van der Waals surface area contributed by atoms with E-state index in [1.165, 1.54) is 18.2 Å². The van der Waals surface area contributed by atoms with Crippen molar-refractivity contribution in [3.63, 3.8) is 0 Å². The van der Waals surface area contributed by atoms with Crippen molar-refractivity contribution in [3.8, 4) is 5.75 Å². The second kappa shape index (κ2) is 9.18. The van der Waals surface area contributed by atoms with Crippen LogP contribution in [-0.2, 0) is 14.8 Å². The highest BCUT2D eigenvalue weighted by Gasteiger charge is 2.20. The largest absolute Gasteiger partial charge is 0.488 e. The highest BCUT2D eigenvalue weighted by molar-refractivity contribution is 7.90. The van der Waals surface area contributed by atoms with E-state index in [0.717, 1.165) is 29.9 Å². The number of nitrogens with zero attached hydrogens (tertiary/aromatic N) is 2. The van der Waals surface area contributed by atoms with Gasteiger partial charge in [-0.25, -0.2) is 0 Å². The number of ether oxygens (including phenoxy) is 1. The number of amides is 1. The summed E-state index contributed by atoms with van der Waals surface area (Å²) in [6.07, 6.45) is 6.53. The van der Waals surface area contributed by atoms with Gasteiger partial charge in [0.15, 0.2) is 0 Å². The summed E-state index contributed by atoms with van der Waals surface area (Å²) in [5, 5.41) is 3.32. The summed E-state index contributed by atoms with van der Waals surface area (Å²) >= 11 is 6.02. The van der Waals surface area contributed by atoms with Gasteiger partial charge >= 0.3 is 0 Å². The van der Waals surface area contributed by atoms with Gasteiger partial charge in [-0.1, -0.05) is 17.7 Å². The number of anilines is 1. The lowest BCUT2D eigenvalue weighted by Gasteiger charge is -2.16. The highest BCUT2D eigenvalue weighted by Crippen LogP contribution is 2.29. The van der Waals surface area contributed by atoms with E-state index in [1.807, 2.05) is 24.1 Å². The number of amidine groups is 1. The van der Waals surface area contributed by atoms with Crippen LogP contribution in [-0.4, -0.2) is 45.3 Å². The number of rotatable bonds is 5. The van der Waals surface area contributed by atoms with Crippen molar-refractivity contribution in [1.29, 1.82) is 0 Å². The molecule has 2 aromatic carbocycles. The van der Waals surface area contributed by atoms with E-state index in [2.05, 4.69) is 9.71 Å². The van der Waals surface area contributed by atoms with Crippen molar-refractivity contribution in [1.82, 2.24) is 4.90 Å². The third-order valence-corrected chi connectivity index (χ3v) is 6.69. The molecular formula is C23H22ClN3O4S. The Morgan fingerprint density at radius 3 is 2.72 bits per heavy atom. The van der Waals surface area contributed by atoms with Crippen molar-refractivity contribution in [2.45, 2.75) is 17.7 Å². The van der Waals surface area contributed by atoms with E-state index in [-0.39, 0.29) is 10.8 Å². The number of benzene rings is 2. The molecular weight excluding hydrogens is 450 g/mol. The quantitative estimate of drug-likeness (QED) is 0.662. The van der Waals surface area contributed by atoms with Gasteiger partial charge in [-0.05, 0) is 60.5 Å². The van der Waals surface area contributed by atoms with Crippen molar-refractivity contribution in [3.05, 3.63) is 70.8 Å². The first-order chi connectivity index (χ1) is 15.3. The number of nitrogens with one attached hydrogen (secondary N) is 1. The molecule has 9 heteroatoms. The molecule has 1 saturated heterocycles. The summed E-state index contributed by atoms with van der Waals surface area (Å²) in [7, 11) is -1.96. The van der Waals surface area contributed by atoms with Crippen LogP contribution in [0.25, 0.3) is 6.08 Å². The molecule has 2 aliphatic rings. The average molecular weight is 472 g/mol. The predicted molar refractivity (Wildman–Crippen MR) is 126 cm³/mol. The lowest BCUT2D eigenvalue weighted by atomic mass is 10.1. The Balaban J connectivity index is 1.40. The topological polar surface area (TPSA) is 88.1 Å². The second-order valence-corrected chi connectivity index (χ2v) is 9.59. The zero-order chi connectivity index (χ0) is 22.7. The van der Waals surface area contributed by atoms with Crippen molar-refractivity contribution in [2.75, 3.05) is 25.5 Å². The molecule has 0 atom stereocenters. The lowest BCUT2D eigenvalue weighted by molar-refractivity contribution is -0.111. The minimum Gasteiger partial charge on any atom is -0.488 e. The number of hydrogen-bond donors (Lipinski definition) is 1. The molecule has 7 nitrogen and oxygen atoms in total. The molecule has 0 bridgehead atoms. The van der Waals surface area contributed by atoms with Gasteiger partial charge in [-0.15, -0.1) is 4.40 Å². The Hall–Kier alpha value is -3.10. The van der Waals surface area contributed by atoms with Gasteiger partial charge in [-0.3, -0.25) is 4.79 Å². The summed E-state index contributed by atoms with van der Waals surface area (Å²) in [4.78, 5) is 14.2. The number of halogens is 1.